The van der Waals surface area contributed by atoms with E-state index in [0.717, 1.165) is 21.7 Å². The highest BCUT2D eigenvalue weighted by atomic mass is 32.1. The zero-order chi connectivity index (χ0) is 27.1. The van der Waals surface area contributed by atoms with Crippen LogP contribution in [0, 0.1) is 12.7 Å². The third-order valence-corrected chi connectivity index (χ3v) is 8.03. The third-order valence-electron chi connectivity index (χ3n) is 7.29. The summed E-state index contributed by atoms with van der Waals surface area (Å²) < 4.78 is 17.1. The van der Waals surface area contributed by atoms with Crippen LogP contribution < -0.4 is 15.8 Å². The lowest BCUT2D eigenvalue weighted by Gasteiger charge is -2.26. The average molecular weight is 543 g/mol. The largest absolute Gasteiger partial charge is 0.347 e. The zero-order valence-corrected chi connectivity index (χ0v) is 22.4. The Balaban J connectivity index is 1.32. The number of carbonyl (C=O) groups is 1. The molecule has 0 spiro atoms. The number of amides is 1. The van der Waals surface area contributed by atoms with Crippen LogP contribution in [0.4, 0.5) is 10.2 Å². The lowest BCUT2D eigenvalue weighted by Crippen LogP contribution is -2.39. The number of thiazole rings is 1. The second-order valence-corrected chi connectivity index (χ2v) is 10.4. The van der Waals surface area contributed by atoms with Gasteiger partial charge in [-0.1, -0.05) is 30.3 Å². The smallest absolute Gasteiger partial charge is 0.284 e. The fourth-order valence-electron chi connectivity index (χ4n) is 5.47. The Hall–Kier alpha value is -4.31. The van der Waals surface area contributed by atoms with Crippen molar-refractivity contribution in [2.75, 3.05) is 11.4 Å². The van der Waals surface area contributed by atoms with Crippen LogP contribution in [0.5, 0.6) is 0 Å². The first kappa shape index (κ1) is 25.0. The number of pyridine rings is 1. The topological polar surface area (TPSA) is 85.1 Å². The van der Waals surface area contributed by atoms with E-state index in [-0.39, 0.29) is 29.0 Å². The summed E-state index contributed by atoms with van der Waals surface area (Å²) in [7, 11) is 0. The number of aromatic nitrogens is 4. The number of nitrogens with one attached hydrogen (secondary N) is 1. The molecule has 0 radical (unpaired) electrons. The van der Waals surface area contributed by atoms with Gasteiger partial charge in [0.25, 0.3) is 11.5 Å². The standard InChI is InChI=1S/C29H27FN6O2S/c1-3-35-18(2)26(29(38)36(35)22-7-5-4-6-8-22)27(37)32-21-15-24(19-9-11-20(30)12-10-19)34(16-21)25-14-13-23-28(33-25)39-17-31-23/h4-14,17,21,24H,3,15-16H2,1-2H3,(H,32,37)/t21-,24+/m0/s1. The molecule has 1 amide bonds. The Morgan fingerprint density at radius 1 is 1.10 bits per heavy atom. The molecule has 1 N–H and O–H groups in total. The number of anilines is 1. The molecule has 0 aliphatic carbocycles. The summed E-state index contributed by atoms with van der Waals surface area (Å²) in [6.45, 7) is 4.78. The molecule has 0 bridgehead atoms. The number of hydrogen-bond donors (Lipinski definition) is 1. The molecule has 1 aliphatic rings. The molecule has 5 aromatic rings. The Morgan fingerprint density at radius 2 is 1.87 bits per heavy atom. The number of benzene rings is 2. The summed E-state index contributed by atoms with van der Waals surface area (Å²) in [4.78, 5) is 39.2. The van der Waals surface area contributed by atoms with E-state index in [9.17, 15) is 14.0 Å². The molecule has 39 heavy (non-hydrogen) atoms. The van der Waals surface area contributed by atoms with E-state index in [4.69, 9.17) is 4.98 Å². The van der Waals surface area contributed by atoms with E-state index in [1.54, 1.807) is 29.2 Å². The molecular formula is C29H27FN6O2S. The van der Waals surface area contributed by atoms with Crippen molar-refractivity contribution in [3.63, 3.8) is 0 Å². The molecule has 1 fully saturated rings. The number of fused-ring (bicyclic) bond motifs is 1. The molecule has 198 valence electrons. The predicted molar refractivity (Wildman–Crippen MR) is 150 cm³/mol. The Labute approximate surface area is 228 Å². The van der Waals surface area contributed by atoms with Gasteiger partial charge in [-0.25, -0.2) is 19.0 Å². The van der Waals surface area contributed by atoms with E-state index in [0.29, 0.717) is 30.9 Å². The number of nitrogens with zero attached hydrogens (tertiary/aromatic N) is 5. The van der Waals surface area contributed by atoms with Crippen LogP contribution in [0.25, 0.3) is 16.0 Å². The van der Waals surface area contributed by atoms with Crippen LogP contribution in [0.3, 0.4) is 0 Å². The van der Waals surface area contributed by atoms with Gasteiger partial charge < -0.3 is 10.2 Å². The average Bonchev–Trinajstić information content (AvgIpc) is 3.64. The van der Waals surface area contributed by atoms with Gasteiger partial charge in [0.05, 0.1) is 22.9 Å². The van der Waals surface area contributed by atoms with Crippen LogP contribution in [0.2, 0.25) is 0 Å². The van der Waals surface area contributed by atoms with Crippen molar-refractivity contribution in [2.24, 2.45) is 0 Å². The lowest BCUT2D eigenvalue weighted by atomic mass is 10.0. The second kappa shape index (κ2) is 10.1. The van der Waals surface area contributed by atoms with Crippen molar-refractivity contribution in [1.82, 2.24) is 24.6 Å². The maximum Gasteiger partial charge on any atom is 0.284 e. The number of para-hydroxylation sites is 1. The van der Waals surface area contributed by atoms with Crippen molar-refractivity contribution in [3.8, 4) is 5.69 Å². The van der Waals surface area contributed by atoms with Crippen molar-refractivity contribution >= 4 is 33.4 Å². The molecule has 1 aliphatic heterocycles. The minimum atomic E-state index is -0.398. The maximum absolute atomic E-state index is 13.7. The molecular weight excluding hydrogens is 515 g/mol. The Bertz CT molecular complexity index is 1710. The van der Waals surface area contributed by atoms with Crippen LogP contribution in [0.1, 0.15) is 41.0 Å². The van der Waals surface area contributed by atoms with E-state index >= 15 is 0 Å². The van der Waals surface area contributed by atoms with Gasteiger partial charge in [0.2, 0.25) is 0 Å². The summed E-state index contributed by atoms with van der Waals surface area (Å²) in [5.41, 5.74) is 4.64. The van der Waals surface area contributed by atoms with Gasteiger partial charge in [0.1, 0.15) is 27.5 Å². The van der Waals surface area contributed by atoms with E-state index in [1.165, 1.54) is 23.5 Å². The van der Waals surface area contributed by atoms with Crippen molar-refractivity contribution in [1.29, 1.82) is 0 Å². The van der Waals surface area contributed by atoms with Crippen molar-refractivity contribution < 1.29 is 9.18 Å². The molecule has 0 saturated carbocycles. The first-order valence-corrected chi connectivity index (χ1v) is 13.7. The SMILES string of the molecule is CCn1c(C)c(C(=O)N[C@H]2C[C@H](c3ccc(F)cc3)N(c3ccc4ncsc4n3)C2)c(=O)n1-c1ccccc1. The van der Waals surface area contributed by atoms with Gasteiger partial charge in [-0.05, 0) is 62.2 Å². The van der Waals surface area contributed by atoms with Gasteiger partial charge >= 0.3 is 0 Å². The summed E-state index contributed by atoms with van der Waals surface area (Å²) >= 11 is 1.47. The number of halogens is 1. The van der Waals surface area contributed by atoms with Gasteiger partial charge in [-0.3, -0.25) is 14.3 Å². The zero-order valence-electron chi connectivity index (χ0n) is 21.5. The monoisotopic (exact) mass is 542 g/mol. The number of rotatable bonds is 6. The third kappa shape index (κ3) is 4.50. The molecule has 3 aromatic heterocycles. The highest BCUT2D eigenvalue weighted by Crippen LogP contribution is 2.36. The molecule has 10 heteroatoms. The van der Waals surface area contributed by atoms with Crippen molar-refractivity contribution in [3.05, 3.63) is 105 Å². The predicted octanol–water partition coefficient (Wildman–Crippen LogP) is 4.86. The molecule has 1 saturated heterocycles. The summed E-state index contributed by atoms with van der Waals surface area (Å²) in [6, 6.07) is 19.2. The number of hydrogen-bond acceptors (Lipinski definition) is 6. The van der Waals surface area contributed by atoms with Crippen LogP contribution >= 0.6 is 11.3 Å². The molecule has 2 aromatic carbocycles. The Morgan fingerprint density at radius 3 is 2.62 bits per heavy atom. The number of carbonyl (C=O) groups excluding carboxylic acids is 1. The molecule has 4 heterocycles. The molecule has 8 nitrogen and oxygen atoms in total. The fourth-order valence-corrected chi connectivity index (χ4v) is 6.12. The van der Waals surface area contributed by atoms with E-state index in [2.05, 4.69) is 15.2 Å². The van der Waals surface area contributed by atoms with Gasteiger partial charge in [0, 0.05) is 19.1 Å². The summed E-state index contributed by atoms with van der Waals surface area (Å²) in [5, 5.41) is 3.12. The highest BCUT2D eigenvalue weighted by molar-refractivity contribution is 7.16. The molecule has 6 rings (SSSR count). The van der Waals surface area contributed by atoms with Gasteiger partial charge in [-0.2, -0.15) is 0 Å². The first-order valence-electron chi connectivity index (χ1n) is 12.9. The fraction of sp³-hybridized carbons (Fsp3) is 0.241. The van der Waals surface area contributed by atoms with Crippen molar-refractivity contribution in [2.45, 2.75) is 38.9 Å². The first-order chi connectivity index (χ1) is 18.9. The van der Waals surface area contributed by atoms with Crippen LogP contribution in [-0.4, -0.2) is 37.8 Å². The molecule has 0 unspecified atom stereocenters. The Kier molecular flexibility index (Phi) is 6.48. The minimum Gasteiger partial charge on any atom is -0.347 e. The quantitative estimate of drug-likeness (QED) is 0.331. The maximum atomic E-state index is 13.7. The van der Waals surface area contributed by atoms with Crippen LogP contribution in [-0.2, 0) is 6.54 Å². The van der Waals surface area contributed by atoms with E-state index < -0.39 is 5.91 Å². The highest BCUT2D eigenvalue weighted by Gasteiger charge is 2.36. The van der Waals surface area contributed by atoms with Gasteiger partial charge in [-0.15, -0.1) is 11.3 Å². The lowest BCUT2D eigenvalue weighted by molar-refractivity contribution is 0.0938. The molecule has 2 atom stereocenters. The normalized spacial score (nSPS) is 17.2. The van der Waals surface area contributed by atoms with Crippen LogP contribution in [0.15, 0.2) is 77.0 Å². The van der Waals surface area contributed by atoms with E-state index in [1.807, 2.05) is 54.1 Å². The minimum absolute atomic E-state index is 0.129. The van der Waals surface area contributed by atoms with Gasteiger partial charge in [0.15, 0.2) is 0 Å². The summed E-state index contributed by atoms with van der Waals surface area (Å²) in [6.07, 6.45) is 0.584. The second-order valence-electron chi connectivity index (χ2n) is 9.60. The summed E-state index contributed by atoms with van der Waals surface area (Å²) in [5.74, 6) is 0.0606.